The molecule has 3 heterocycles. The quantitative estimate of drug-likeness (QED) is 0.661. The van der Waals surface area contributed by atoms with Gasteiger partial charge in [0.1, 0.15) is 17.6 Å². The van der Waals surface area contributed by atoms with Crippen LogP contribution in [0.3, 0.4) is 0 Å². The predicted molar refractivity (Wildman–Crippen MR) is 116 cm³/mol. The molecular weight excluding hydrogens is 395 g/mol. The fourth-order valence-electron chi connectivity index (χ4n) is 3.94. The fraction of sp³-hybridized carbons (Fsp3) is 0.333. The van der Waals surface area contributed by atoms with E-state index < -0.39 is 0 Å². The first-order chi connectivity index (χ1) is 15.0. The largest absolute Gasteiger partial charge is 0.464 e. The van der Waals surface area contributed by atoms with Gasteiger partial charge in [0.15, 0.2) is 0 Å². The monoisotopic (exact) mass is 422 g/mol. The summed E-state index contributed by atoms with van der Waals surface area (Å²) in [6.07, 6.45) is 3.25. The molecule has 0 saturated carbocycles. The number of pyridine rings is 1. The van der Waals surface area contributed by atoms with E-state index in [2.05, 4.69) is 27.0 Å². The molecule has 4 rings (SSSR count). The maximum atomic E-state index is 14.0. The molecule has 7 heteroatoms. The Balaban J connectivity index is 1.36. The van der Waals surface area contributed by atoms with Crippen LogP contribution in [0.2, 0.25) is 0 Å². The van der Waals surface area contributed by atoms with Crippen LogP contribution in [0.5, 0.6) is 0 Å². The number of amides is 1. The Kier molecular flexibility index (Phi) is 6.44. The molecule has 3 aromatic rings. The number of hydrogen-bond acceptors (Lipinski definition) is 5. The number of furan rings is 1. The number of halogens is 1. The highest BCUT2D eigenvalue weighted by Crippen LogP contribution is 2.20. The Morgan fingerprint density at radius 3 is 2.71 bits per heavy atom. The van der Waals surface area contributed by atoms with Gasteiger partial charge in [-0.25, -0.2) is 4.39 Å². The summed E-state index contributed by atoms with van der Waals surface area (Å²) < 4.78 is 19.4. The summed E-state index contributed by atoms with van der Waals surface area (Å²) in [6.45, 7) is 4.20. The first-order valence-corrected chi connectivity index (χ1v) is 10.5. The first kappa shape index (κ1) is 21.2. The molecule has 1 N–H and O–H groups in total. The summed E-state index contributed by atoms with van der Waals surface area (Å²) in [4.78, 5) is 21.3. The molecule has 162 valence electrons. The van der Waals surface area contributed by atoms with Crippen molar-refractivity contribution in [3.8, 4) is 11.3 Å². The van der Waals surface area contributed by atoms with E-state index in [1.807, 2.05) is 43.4 Å². The van der Waals surface area contributed by atoms with Gasteiger partial charge in [-0.15, -0.1) is 0 Å². The molecular formula is C24H27FN4O2. The minimum Gasteiger partial charge on any atom is -0.464 e. The normalized spacial score (nSPS) is 20.0. The van der Waals surface area contributed by atoms with E-state index in [1.165, 1.54) is 6.07 Å². The van der Waals surface area contributed by atoms with Gasteiger partial charge in [0.05, 0.1) is 12.0 Å². The lowest BCUT2D eigenvalue weighted by Crippen LogP contribution is -2.60. The third kappa shape index (κ3) is 5.00. The Morgan fingerprint density at radius 1 is 1.19 bits per heavy atom. The van der Waals surface area contributed by atoms with Crippen molar-refractivity contribution in [2.24, 2.45) is 0 Å². The number of nitrogens with zero attached hydrogens (tertiary/aromatic N) is 3. The van der Waals surface area contributed by atoms with Crippen LogP contribution >= 0.6 is 0 Å². The number of aromatic nitrogens is 1. The lowest BCUT2D eigenvalue weighted by atomic mass is 10.1. The van der Waals surface area contributed by atoms with Crippen molar-refractivity contribution in [2.75, 3.05) is 20.1 Å². The van der Waals surface area contributed by atoms with E-state index in [-0.39, 0.29) is 23.8 Å². The fourth-order valence-corrected chi connectivity index (χ4v) is 3.94. The summed E-state index contributed by atoms with van der Waals surface area (Å²) in [7, 11) is 1.96. The maximum absolute atomic E-state index is 14.0. The van der Waals surface area contributed by atoms with E-state index in [1.54, 1.807) is 18.5 Å². The van der Waals surface area contributed by atoms with E-state index in [9.17, 15) is 9.18 Å². The van der Waals surface area contributed by atoms with Crippen molar-refractivity contribution in [3.63, 3.8) is 0 Å². The summed E-state index contributed by atoms with van der Waals surface area (Å²) in [5, 5.41) is 3.05. The molecule has 2 aromatic heterocycles. The number of carbonyl (C=O) groups excluding carboxylic acids is 1. The molecule has 6 nitrogen and oxygen atoms in total. The van der Waals surface area contributed by atoms with Crippen LogP contribution in [-0.2, 0) is 17.9 Å². The van der Waals surface area contributed by atoms with Gasteiger partial charge < -0.3 is 9.73 Å². The van der Waals surface area contributed by atoms with E-state index in [4.69, 9.17) is 4.42 Å². The van der Waals surface area contributed by atoms with Crippen LogP contribution in [0.4, 0.5) is 4.39 Å². The van der Waals surface area contributed by atoms with E-state index >= 15 is 0 Å². The topological polar surface area (TPSA) is 61.6 Å². The molecule has 0 aliphatic carbocycles. The van der Waals surface area contributed by atoms with Crippen LogP contribution in [0.1, 0.15) is 18.2 Å². The minimum atomic E-state index is -0.312. The molecule has 1 aliphatic rings. The summed E-state index contributed by atoms with van der Waals surface area (Å²) in [5.74, 6) is 0.474. The molecule has 0 spiro atoms. The van der Waals surface area contributed by atoms with Crippen LogP contribution in [0.15, 0.2) is 65.4 Å². The van der Waals surface area contributed by atoms with Gasteiger partial charge in [-0.2, -0.15) is 0 Å². The Hall–Kier alpha value is -3.03. The van der Waals surface area contributed by atoms with Gasteiger partial charge >= 0.3 is 0 Å². The zero-order valence-electron chi connectivity index (χ0n) is 17.8. The summed E-state index contributed by atoms with van der Waals surface area (Å²) >= 11 is 0. The number of benzene rings is 1. The molecule has 2 unspecified atom stereocenters. The highest BCUT2D eigenvalue weighted by atomic mass is 19.1. The molecule has 0 bridgehead atoms. The van der Waals surface area contributed by atoms with E-state index in [0.29, 0.717) is 25.3 Å². The number of hydrogen-bond donors (Lipinski definition) is 1. The maximum Gasteiger partial charge on any atom is 0.238 e. The van der Waals surface area contributed by atoms with Crippen LogP contribution in [-0.4, -0.2) is 52.9 Å². The number of piperazine rings is 1. The van der Waals surface area contributed by atoms with Crippen LogP contribution in [0.25, 0.3) is 11.3 Å². The number of likely N-dealkylation sites (N-methyl/N-ethyl adjacent to an activating group) is 1. The third-order valence-corrected chi connectivity index (χ3v) is 5.88. The second-order valence-electron chi connectivity index (χ2n) is 8.05. The minimum absolute atomic E-state index is 0.0318. The van der Waals surface area contributed by atoms with Crippen LogP contribution < -0.4 is 5.32 Å². The van der Waals surface area contributed by atoms with Crippen molar-refractivity contribution in [1.82, 2.24) is 20.1 Å². The molecule has 0 radical (unpaired) electrons. The zero-order chi connectivity index (χ0) is 21.8. The number of carbonyl (C=O) groups is 1. The van der Waals surface area contributed by atoms with Crippen molar-refractivity contribution in [3.05, 3.63) is 78.1 Å². The second kappa shape index (κ2) is 9.41. The van der Waals surface area contributed by atoms with E-state index in [0.717, 1.165) is 23.4 Å². The average molecular weight is 423 g/mol. The molecule has 1 fully saturated rings. The third-order valence-electron chi connectivity index (χ3n) is 5.88. The first-order valence-electron chi connectivity index (χ1n) is 10.5. The van der Waals surface area contributed by atoms with Gasteiger partial charge in [0.2, 0.25) is 5.91 Å². The summed E-state index contributed by atoms with van der Waals surface area (Å²) in [5.41, 5.74) is 2.43. The molecule has 1 amide bonds. The van der Waals surface area contributed by atoms with Crippen molar-refractivity contribution >= 4 is 5.91 Å². The Bertz CT molecular complexity index is 1010. The zero-order valence-corrected chi connectivity index (χ0v) is 17.8. The smallest absolute Gasteiger partial charge is 0.238 e. The van der Waals surface area contributed by atoms with Gasteiger partial charge in [-0.05, 0) is 43.8 Å². The standard InChI is InChI=1S/C24H27FN4O2/c1-17-14-29(15-21-20(25)5-3-11-26-21)16-22(28(17)2)24(30)27-13-18-7-9-19(10-8-18)23-6-4-12-31-23/h3-12,17,22H,13-16H2,1-2H3,(H,27,30). The van der Waals surface area contributed by atoms with Crippen LogP contribution in [0, 0.1) is 5.82 Å². The number of rotatable bonds is 6. The molecule has 1 aromatic carbocycles. The van der Waals surface area contributed by atoms with Gasteiger partial charge in [0.25, 0.3) is 0 Å². The SMILES string of the molecule is CC1CN(Cc2ncccc2F)CC(C(=O)NCc2ccc(-c3ccco3)cc2)N1C. The van der Waals surface area contributed by atoms with Gasteiger partial charge in [-0.3, -0.25) is 19.6 Å². The summed E-state index contributed by atoms with van der Waals surface area (Å²) in [6, 6.07) is 14.6. The van der Waals surface area contributed by atoms with Crippen molar-refractivity contribution < 1.29 is 13.6 Å². The Labute approximate surface area is 181 Å². The van der Waals surface area contributed by atoms with Crippen molar-refractivity contribution in [1.29, 1.82) is 0 Å². The molecule has 2 atom stereocenters. The second-order valence-corrected chi connectivity index (χ2v) is 8.05. The van der Waals surface area contributed by atoms with Crippen molar-refractivity contribution in [2.45, 2.75) is 32.1 Å². The lowest BCUT2D eigenvalue weighted by Gasteiger charge is -2.42. The van der Waals surface area contributed by atoms with Gasteiger partial charge in [0, 0.05) is 44.0 Å². The molecule has 31 heavy (non-hydrogen) atoms. The van der Waals surface area contributed by atoms with Gasteiger partial charge in [-0.1, -0.05) is 24.3 Å². The highest BCUT2D eigenvalue weighted by molar-refractivity contribution is 5.82. The average Bonchev–Trinajstić information content (AvgIpc) is 3.31. The Morgan fingerprint density at radius 2 is 2.00 bits per heavy atom. The highest BCUT2D eigenvalue weighted by Gasteiger charge is 2.34. The predicted octanol–water partition coefficient (Wildman–Crippen LogP) is 3.30. The number of nitrogens with one attached hydrogen (secondary N) is 1. The lowest BCUT2D eigenvalue weighted by molar-refractivity contribution is -0.130. The molecule has 1 aliphatic heterocycles. The molecule has 1 saturated heterocycles.